The molecule has 8 aliphatic rings. The molecule has 8 aromatic carbocycles. The van der Waals surface area contributed by atoms with Crippen LogP contribution in [-0.2, 0) is 78.4 Å². The van der Waals surface area contributed by atoms with Gasteiger partial charge in [-0.2, -0.15) is 23.2 Å². The van der Waals surface area contributed by atoms with Crippen LogP contribution < -0.4 is 0 Å². The van der Waals surface area contributed by atoms with E-state index in [2.05, 4.69) is 5.10 Å². The van der Waals surface area contributed by atoms with Gasteiger partial charge < -0.3 is 0 Å². The van der Waals surface area contributed by atoms with Crippen LogP contribution in [0.1, 0.15) is 27.8 Å². The van der Waals surface area contributed by atoms with E-state index in [0.29, 0.717) is 49.6 Å². The largest absolute Gasteiger partial charge is 0.290 e. The Labute approximate surface area is 628 Å². The Kier molecular flexibility index (Phi) is 20.7. The minimum Gasteiger partial charge on any atom is -0.290 e. The normalized spacial score (nSPS) is 21.8. The lowest BCUT2D eigenvalue weighted by atomic mass is 9.82. The molecule has 0 aromatic heterocycles. The van der Waals surface area contributed by atoms with Crippen LogP contribution in [0.25, 0.3) is 16.7 Å². The Morgan fingerprint density at radius 1 is 0.349 bits per heavy atom. The zero-order chi connectivity index (χ0) is 77.4. The van der Waals surface area contributed by atoms with Gasteiger partial charge in [0.05, 0.1) is 84.8 Å². The highest BCUT2D eigenvalue weighted by molar-refractivity contribution is 7.90. The van der Waals surface area contributed by atoms with E-state index in [9.17, 15) is 80.8 Å². The van der Waals surface area contributed by atoms with Crippen molar-refractivity contribution >= 4 is 120 Å². The molecule has 0 N–H and O–H groups in total. The molecule has 4 aliphatic carbocycles. The van der Waals surface area contributed by atoms with Crippen molar-refractivity contribution in [3.8, 4) is 6.07 Å². The fourth-order valence-electron chi connectivity index (χ4n) is 13.5. The molecule has 0 spiro atoms. The average Bonchev–Trinajstić information content (AvgIpc) is 1.61. The molecule has 0 fully saturated rings. The van der Waals surface area contributed by atoms with Gasteiger partial charge in [-0.25, -0.2) is 34.0 Å². The predicted octanol–water partition coefficient (Wildman–Crippen LogP) is 9.87. The number of hydrogen-bond donors (Lipinski definition) is 0. The van der Waals surface area contributed by atoms with Crippen LogP contribution in [0.15, 0.2) is 310 Å². The number of Topliss-reactive ketones (excluding diaryl/α,β-unsaturated/α-hetero) is 4. The van der Waals surface area contributed by atoms with Crippen molar-refractivity contribution in [2.24, 2.45) is 28.8 Å². The second-order valence-corrected chi connectivity index (χ2v) is 33.0. The van der Waals surface area contributed by atoms with Crippen molar-refractivity contribution in [3.05, 3.63) is 330 Å². The summed E-state index contributed by atoms with van der Waals surface area (Å²) in [4.78, 5) is 97.5. The first-order valence-corrected chi connectivity index (χ1v) is 39.2. The van der Waals surface area contributed by atoms with Gasteiger partial charge in [0.2, 0.25) is 46.3 Å². The van der Waals surface area contributed by atoms with Crippen LogP contribution >= 0.6 is 11.6 Å². The second-order valence-electron chi connectivity index (χ2n) is 25.2. The van der Waals surface area contributed by atoms with E-state index in [0.717, 1.165) is 78.0 Å². The number of carbonyl (C=O) groups excluding carboxylic acids is 8. The zero-order valence-electron chi connectivity index (χ0n) is 56.2. The molecule has 109 heavy (non-hydrogen) atoms. The van der Waals surface area contributed by atoms with E-state index < -0.39 is 146 Å². The number of halogens is 3. The number of hydrazone groups is 1. The van der Waals surface area contributed by atoms with Gasteiger partial charge >= 0.3 is 0 Å². The van der Waals surface area contributed by atoms with Crippen LogP contribution in [0.3, 0.4) is 0 Å². The van der Waals surface area contributed by atoms with E-state index in [-0.39, 0.29) is 25.3 Å². The van der Waals surface area contributed by atoms with Crippen molar-refractivity contribution in [3.63, 3.8) is 0 Å². The molecule has 0 radical (unpaired) electrons. The van der Waals surface area contributed by atoms with Crippen molar-refractivity contribution in [1.29, 1.82) is 5.26 Å². The molecule has 0 amide bonds. The Balaban J connectivity index is 0.000000128. The summed E-state index contributed by atoms with van der Waals surface area (Å²) in [5.41, 5.74) is 4.62. The van der Waals surface area contributed by atoms with Crippen molar-refractivity contribution < 1.29 is 80.8 Å². The lowest BCUT2D eigenvalue weighted by Crippen LogP contribution is -2.44. The maximum absolute atomic E-state index is 13.6. The zero-order valence-corrected chi connectivity index (χ0v) is 60.3. The summed E-state index contributed by atoms with van der Waals surface area (Å²) in [6.45, 7) is 0. The second kappa shape index (κ2) is 30.1. The molecule has 4 aliphatic heterocycles. The van der Waals surface area contributed by atoms with Gasteiger partial charge in [-0.15, -0.1) is 0 Å². The first-order valence-electron chi connectivity index (χ1n) is 33.0. The van der Waals surface area contributed by atoms with Gasteiger partial charge in [0.15, 0.2) is 0 Å². The number of rotatable bonds is 12. The molecule has 22 nitrogen and oxygen atoms in total. The fourth-order valence-corrected chi connectivity index (χ4v) is 19.5. The molecular weight excluding hydrogens is 1500 g/mol. The Morgan fingerprint density at radius 3 is 1.06 bits per heavy atom. The molecule has 16 rings (SSSR count). The Morgan fingerprint density at radius 2 is 0.679 bits per heavy atom. The maximum Gasteiger partial charge on any atom is 0.279 e. The number of nitrogens with zero attached hydrogens (tertiary/aromatic N) is 6. The minimum atomic E-state index is -4.14. The standard InChI is InChI=1S/C21H14N2O4S.C20H14ClNO4S.C20H14FNO4S.C19H13FN2O4S/c22-12-14-6-8-16(9-7-14)28(26,27)23-13-17(15-4-2-1-3-5-15)20-18(23)10-11-19(24)21(20)25;21-14-6-8-15(9-7-14)27(25,26)22-12-16(13-4-2-1-3-5-13)19-17(22)10-11-18(23)20(19)24;21-14-7-4-8-15(11-14)27(25,26)22-12-16(13-5-2-1-3-6-13)19-17(22)9-10-18(23)20(19)24;20-13-6-8-14(9-7-13)27(25,26)22-15-10-11-16(23)19(24)17(15)18(21-22)12-4-2-1-3-5-12/h1-11,13,18,20H;2*1-12,17,19H;1-11,15,17H. The van der Waals surface area contributed by atoms with E-state index in [1.807, 2.05) is 18.2 Å². The Hall–Kier alpha value is -12.4. The van der Waals surface area contributed by atoms with E-state index in [4.69, 9.17) is 16.9 Å². The number of hydrogen-bond acceptors (Lipinski definition) is 18. The highest BCUT2D eigenvalue weighted by Crippen LogP contribution is 2.45. The van der Waals surface area contributed by atoms with Gasteiger partial charge in [-0.3, -0.25) is 51.3 Å². The number of ketones is 8. The molecule has 8 atom stereocenters. The smallest absolute Gasteiger partial charge is 0.279 e. The fraction of sp³-hybridized carbons (Fsp3) is 0.100. The minimum absolute atomic E-state index is 0.00793. The summed E-state index contributed by atoms with van der Waals surface area (Å²) in [5.74, 6) is -10.1. The van der Waals surface area contributed by atoms with E-state index in [1.165, 1.54) is 104 Å². The maximum atomic E-state index is 13.6. The number of benzene rings is 8. The molecular formula is C80H55ClF2N6O16S4. The topological polar surface area (TPSA) is 322 Å². The number of nitriles is 1. The summed E-state index contributed by atoms with van der Waals surface area (Å²) < 4.78 is 136. The summed E-state index contributed by atoms with van der Waals surface area (Å²) in [6, 6.07) is 54.4. The molecule has 0 bridgehead atoms. The summed E-state index contributed by atoms with van der Waals surface area (Å²) in [6.07, 6.45) is 14.4. The van der Waals surface area contributed by atoms with Crippen LogP contribution in [0.4, 0.5) is 8.78 Å². The summed E-state index contributed by atoms with van der Waals surface area (Å²) in [5, 5.41) is 13.5. The van der Waals surface area contributed by atoms with Crippen LogP contribution in [0.2, 0.25) is 5.02 Å². The van der Waals surface area contributed by atoms with Gasteiger partial charge in [-0.1, -0.05) is 163 Å². The van der Waals surface area contributed by atoms with Crippen molar-refractivity contribution in [2.45, 2.75) is 43.7 Å². The highest BCUT2D eigenvalue weighted by atomic mass is 35.5. The Bertz CT molecular complexity index is 5740. The van der Waals surface area contributed by atoms with Crippen LogP contribution in [-0.4, -0.2) is 127 Å². The third kappa shape index (κ3) is 14.4. The lowest BCUT2D eigenvalue weighted by Gasteiger charge is -2.28. The van der Waals surface area contributed by atoms with E-state index >= 15 is 0 Å². The molecule has 546 valence electrons. The number of sulfonamides is 4. The van der Waals surface area contributed by atoms with Crippen molar-refractivity contribution in [2.75, 3.05) is 0 Å². The monoisotopic (exact) mass is 1560 g/mol. The number of fused-ring (bicyclic) bond motifs is 4. The molecule has 8 unspecified atom stereocenters. The molecule has 8 aromatic rings. The molecule has 4 heterocycles. The highest BCUT2D eigenvalue weighted by Gasteiger charge is 2.52. The van der Waals surface area contributed by atoms with Crippen LogP contribution in [0.5, 0.6) is 0 Å². The average molecular weight is 1560 g/mol. The first kappa shape index (κ1) is 74.9. The van der Waals surface area contributed by atoms with Gasteiger partial charge in [0.25, 0.3) is 40.1 Å². The quantitative estimate of drug-likeness (QED) is 0.103. The van der Waals surface area contributed by atoms with E-state index in [1.54, 1.807) is 109 Å². The van der Waals surface area contributed by atoms with Crippen molar-refractivity contribution in [1.82, 2.24) is 17.3 Å². The number of allylic oxidation sites excluding steroid dienone is 4. The summed E-state index contributed by atoms with van der Waals surface area (Å²) >= 11 is 5.86. The third-order valence-electron chi connectivity index (χ3n) is 18.8. The molecule has 0 saturated heterocycles. The van der Waals surface area contributed by atoms with Gasteiger partial charge in [-0.05, 0) is 154 Å². The van der Waals surface area contributed by atoms with Crippen LogP contribution in [0, 0.1) is 46.6 Å². The lowest BCUT2D eigenvalue weighted by molar-refractivity contribution is -0.136. The van der Waals surface area contributed by atoms with Gasteiger partial charge in [0.1, 0.15) is 11.6 Å². The third-order valence-corrected chi connectivity index (χ3v) is 26.0. The first-order chi connectivity index (χ1) is 52.1. The summed E-state index contributed by atoms with van der Waals surface area (Å²) in [7, 11) is -16.2. The predicted molar refractivity (Wildman–Crippen MR) is 393 cm³/mol. The van der Waals surface area contributed by atoms with Gasteiger partial charge in [0, 0.05) is 23.6 Å². The molecule has 29 heteroatoms. The number of carbonyl (C=O) groups is 8. The SMILES string of the molecule is N#Cc1ccc(S(=O)(=O)N2C=C(c3ccccc3)C3C(=O)C(=O)C=CC32)cc1.O=C1C=CC2C(C1=O)C(c1ccccc1)=CN2S(=O)(=O)c1ccc(Cl)cc1.O=C1C=CC2C(C1=O)C(c1ccccc1)=CN2S(=O)(=O)c1cccc(F)c1.O=C1C=CC2C(C1=O)C(c1ccccc1)=NN2S(=O)(=O)c1ccc(F)cc1. The molecule has 0 saturated carbocycles.